The number of para-hydroxylation sites is 1. The molecule has 1 amide bonds. The highest BCUT2D eigenvalue weighted by atomic mass is 16.1. The fourth-order valence-corrected chi connectivity index (χ4v) is 2.50. The van der Waals surface area contributed by atoms with Crippen LogP contribution in [0.15, 0.2) is 36.4 Å². The number of H-pyrrole nitrogens is 1. The van der Waals surface area contributed by atoms with Crippen molar-refractivity contribution >= 4 is 39.6 Å². The Morgan fingerprint density at radius 2 is 2.06 bits per heavy atom. The molecule has 3 heteroatoms. The first-order valence-corrected chi connectivity index (χ1v) is 5.17. The SMILES string of the molecule is O=CN1c2ccc3[nH]c4c1cccc4c3c2. The van der Waals surface area contributed by atoms with Gasteiger partial charge in [-0.2, -0.15) is 0 Å². The van der Waals surface area contributed by atoms with E-state index >= 15 is 0 Å². The molecule has 1 aliphatic heterocycles. The van der Waals surface area contributed by atoms with Crippen molar-refractivity contribution in [2.24, 2.45) is 0 Å². The van der Waals surface area contributed by atoms with Gasteiger partial charge in [-0.3, -0.25) is 9.69 Å². The van der Waals surface area contributed by atoms with Crippen LogP contribution in [0.5, 0.6) is 0 Å². The summed E-state index contributed by atoms with van der Waals surface area (Å²) in [5.74, 6) is 0. The molecule has 1 aliphatic rings. The smallest absolute Gasteiger partial charge is 0.218 e. The molecule has 3 nitrogen and oxygen atoms in total. The molecule has 0 saturated heterocycles. The molecular formula is C13H8N2O. The third-order valence-electron chi connectivity index (χ3n) is 3.24. The Morgan fingerprint density at radius 3 is 2.94 bits per heavy atom. The lowest BCUT2D eigenvalue weighted by atomic mass is 10.2. The summed E-state index contributed by atoms with van der Waals surface area (Å²) in [6.45, 7) is 0. The summed E-state index contributed by atoms with van der Waals surface area (Å²) in [4.78, 5) is 16.2. The molecule has 0 fully saturated rings. The summed E-state index contributed by atoms with van der Waals surface area (Å²) in [6, 6.07) is 12.0. The van der Waals surface area contributed by atoms with Crippen molar-refractivity contribution in [1.29, 1.82) is 0 Å². The van der Waals surface area contributed by atoms with Gasteiger partial charge in [-0.25, -0.2) is 0 Å². The molecule has 2 aromatic carbocycles. The molecule has 3 aromatic rings. The third kappa shape index (κ3) is 0.736. The average molecular weight is 208 g/mol. The summed E-state index contributed by atoms with van der Waals surface area (Å²) in [5.41, 5.74) is 4.01. The maximum Gasteiger partial charge on any atom is 0.218 e. The van der Waals surface area contributed by atoms with Crippen LogP contribution in [-0.2, 0) is 4.79 Å². The summed E-state index contributed by atoms with van der Waals surface area (Å²) < 4.78 is 0. The number of aromatic nitrogens is 1. The van der Waals surface area contributed by atoms with Gasteiger partial charge >= 0.3 is 0 Å². The van der Waals surface area contributed by atoms with Crippen LogP contribution in [0.4, 0.5) is 11.4 Å². The van der Waals surface area contributed by atoms with Crippen molar-refractivity contribution in [2.45, 2.75) is 0 Å². The molecule has 0 spiro atoms. The van der Waals surface area contributed by atoms with E-state index in [1.165, 1.54) is 10.8 Å². The van der Waals surface area contributed by atoms with Crippen LogP contribution in [0.1, 0.15) is 0 Å². The number of aromatic amines is 1. The predicted octanol–water partition coefficient (Wildman–Crippen LogP) is 2.93. The second kappa shape index (κ2) is 2.44. The summed E-state index contributed by atoms with van der Waals surface area (Å²) in [7, 11) is 0. The van der Waals surface area contributed by atoms with Crippen molar-refractivity contribution < 1.29 is 4.79 Å². The van der Waals surface area contributed by atoms with E-state index in [-0.39, 0.29) is 0 Å². The van der Waals surface area contributed by atoms with Gasteiger partial charge in [0.1, 0.15) is 0 Å². The molecule has 76 valence electrons. The summed E-state index contributed by atoms with van der Waals surface area (Å²) in [5, 5.41) is 2.36. The lowest BCUT2D eigenvalue weighted by Crippen LogP contribution is -2.14. The predicted molar refractivity (Wildman–Crippen MR) is 64.0 cm³/mol. The first kappa shape index (κ1) is 7.93. The van der Waals surface area contributed by atoms with E-state index in [0.717, 1.165) is 28.8 Å². The van der Waals surface area contributed by atoms with E-state index in [1.807, 2.05) is 24.3 Å². The number of amides is 1. The Balaban J connectivity index is 2.38. The van der Waals surface area contributed by atoms with E-state index in [9.17, 15) is 4.79 Å². The Labute approximate surface area is 91.3 Å². The Morgan fingerprint density at radius 1 is 1.12 bits per heavy atom. The first-order chi connectivity index (χ1) is 7.88. The number of carbonyl (C=O) groups excluding carboxylic acids is 1. The minimum atomic E-state index is 0.861. The highest BCUT2D eigenvalue weighted by molar-refractivity contribution is 6.16. The van der Waals surface area contributed by atoms with Gasteiger partial charge in [0.25, 0.3) is 0 Å². The maximum absolute atomic E-state index is 11.2. The van der Waals surface area contributed by atoms with Crippen LogP contribution >= 0.6 is 0 Å². The fourth-order valence-electron chi connectivity index (χ4n) is 2.50. The first-order valence-electron chi connectivity index (χ1n) is 5.17. The molecule has 0 unspecified atom stereocenters. The van der Waals surface area contributed by atoms with Gasteiger partial charge in [-0.05, 0) is 24.3 Å². The van der Waals surface area contributed by atoms with Crippen LogP contribution in [0.3, 0.4) is 0 Å². The Kier molecular flexibility index (Phi) is 1.21. The molecule has 1 N–H and O–H groups in total. The van der Waals surface area contributed by atoms with Crippen LogP contribution in [0, 0.1) is 0 Å². The highest BCUT2D eigenvalue weighted by Crippen LogP contribution is 2.40. The largest absolute Gasteiger partial charge is 0.353 e. The Hall–Kier alpha value is -2.29. The zero-order valence-electron chi connectivity index (χ0n) is 8.40. The van der Waals surface area contributed by atoms with Gasteiger partial charge in [-0.1, -0.05) is 12.1 Å². The third-order valence-corrected chi connectivity index (χ3v) is 3.24. The van der Waals surface area contributed by atoms with Gasteiger partial charge in [-0.15, -0.1) is 0 Å². The normalized spacial score (nSPS) is 13.1. The molecule has 0 radical (unpaired) electrons. The molecule has 16 heavy (non-hydrogen) atoms. The second-order valence-electron chi connectivity index (χ2n) is 4.03. The zero-order chi connectivity index (χ0) is 10.7. The molecule has 0 aliphatic carbocycles. The van der Waals surface area contributed by atoms with Crippen molar-refractivity contribution in [3.63, 3.8) is 0 Å². The topological polar surface area (TPSA) is 36.1 Å². The molecule has 4 rings (SSSR count). The minimum Gasteiger partial charge on any atom is -0.353 e. The number of benzene rings is 2. The number of rotatable bonds is 1. The molecule has 5 bridgehead atoms. The van der Waals surface area contributed by atoms with E-state index < -0.39 is 0 Å². The second-order valence-corrected chi connectivity index (χ2v) is 4.03. The molecule has 2 heterocycles. The van der Waals surface area contributed by atoms with Crippen LogP contribution in [0.25, 0.3) is 21.8 Å². The number of hydrogen-bond donors (Lipinski definition) is 1. The standard InChI is InChI=1S/C13H8N2O/c16-7-15-8-4-5-11-10(6-8)9-2-1-3-12(15)13(9)14-11/h1-7,14H. The number of nitrogens with one attached hydrogen (secondary N) is 1. The van der Waals surface area contributed by atoms with Gasteiger partial charge < -0.3 is 4.98 Å². The minimum absolute atomic E-state index is 0.861. The van der Waals surface area contributed by atoms with Crippen molar-refractivity contribution in [3.8, 4) is 0 Å². The van der Waals surface area contributed by atoms with Gasteiger partial charge in [0.15, 0.2) is 0 Å². The summed E-state index contributed by atoms with van der Waals surface area (Å²) in [6.07, 6.45) is 0.861. The van der Waals surface area contributed by atoms with Gasteiger partial charge in [0, 0.05) is 22.0 Å². The lowest BCUT2D eigenvalue weighted by Gasteiger charge is -2.18. The van der Waals surface area contributed by atoms with Gasteiger partial charge in [0.2, 0.25) is 6.41 Å². The number of anilines is 2. The maximum atomic E-state index is 11.2. The van der Waals surface area contributed by atoms with Crippen molar-refractivity contribution in [2.75, 3.05) is 4.90 Å². The van der Waals surface area contributed by atoms with Crippen molar-refractivity contribution in [3.05, 3.63) is 36.4 Å². The van der Waals surface area contributed by atoms with E-state index in [0.29, 0.717) is 0 Å². The van der Waals surface area contributed by atoms with E-state index in [1.54, 1.807) is 4.90 Å². The number of hydrogen-bond acceptors (Lipinski definition) is 1. The molecule has 0 atom stereocenters. The average Bonchev–Trinajstić information content (AvgIpc) is 2.64. The monoisotopic (exact) mass is 208 g/mol. The highest BCUT2D eigenvalue weighted by Gasteiger charge is 2.19. The lowest BCUT2D eigenvalue weighted by molar-refractivity contribution is -0.106. The number of carbonyl (C=O) groups is 1. The Bertz CT molecular complexity index is 742. The van der Waals surface area contributed by atoms with Crippen LogP contribution in [-0.4, -0.2) is 11.4 Å². The van der Waals surface area contributed by atoms with E-state index in [4.69, 9.17) is 0 Å². The number of nitrogens with zero attached hydrogens (tertiary/aromatic N) is 1. The quantitative estimate of drug-likeness (QED) is 0.613. The molecule has 1 aromatic heterocycles. The number of fused-ring (bicyclic) bond motifs is 1. The van der Waals surface area contributed by atoms with Crippen LogP contribution in [0.2, 0.25) is 0 Å². The molecular weight excluding hydrogens is 200 g/mol. The molecule has 0 saturated carbocycles. The van der Waals surface area contributed by atoms with Crippen LogP contribution < -0.4 is 4.90 Å². The van der Waals surface area contributed by atoms with Crippen molar-refractivity contribution in [1.82, 2.24) is 4.98 Å². The van der Waals surface area contributed by atoms with E-state index in [2.05, 4.69) is 17.1 Å². The fraction of sp³-hybridized carbons (Fsp3) is 0. The zero-order valence-corrected chi connectivity index (χ0v) is 8.40. The van der Waals surface area contributed by atoms with Gasteiger partial charge in [0.05, 0.1) is 11.2 Å². The summed E-state index contributed by atoms with van der Waals surface area (Å²) >= 11 is 0.